The molecule has 1 heterocycles. The first-order chi connectivity index (χ1) is 14.3. The lowest BCUT2D eigenvalue weighted by atomic mass is 10.2. The minimum Gasteiger partial charge on any atom is -0.489 e. The zero-order valence-electron chi connectivity index (χ0n) is 16.6. The summed E-state index contributed by atoms with van der Waals surface area (Å²) in [5.74, 6) is 2.13. The molecule has 6 nitrogen and oxygen atoms in total. The van der Waals surface area contributed by atoms with E-state index in [9.17, 15) is 0 Å². The van der Waals surface area contributed by atoms with E-state index < -0.39 is 0 Å². The SMILES string of the molecule is C=CCOc1ccccc1CN=C(NCC)NCc1coc(-c2ccccc2)n1. The summed E-state index contributed by atoms with van der Waals surface area (Å²) in [5.41, 5.74) is 2.78. The molecule has 0 unspecified atom stereocenters. The lowest BCUT2D eigenvalue weighted by Crippen LogP contribution is -2.36. The van der Waals surface area contributed by atoms with Crippen LogP contribution >= 0.6 is 0 Å². The van der Waals surface area contributed by atoms with Gasteiger partial charge < -0.3 is 19.8 Å². The average molecular weight is 390 g/mol. The quantitative estimate of drug-likeness (QED) is 0.326. The second-order valence-electron chi connectivity index (χ2n) is 6.27. The molecular formula is C23H26N4O2. The molecule has 29 heavy (non-hydrogen) atoms. The van der Waals surface area contributed by atoms with Crippen molar-refractivity contribution in [2.45, 2.75) is 20.0 Å². The van der Waals surface area contributed by atoms with Crippen LogP contribution in [0.25, 0.3) is 11.5 Å². The van der Waals surface area contributed by atoms with Crippen molar-refractivity contribution in [1.29, 1.82) is 0 Å². The van der Waals surface area contributed by atoms with Crippen molar-refractivity contribution in [3.8, 4) is 17.2 Å². The molecule has 6 heteroatoms. The minimum absolute atomic E-state index is 0.467. The Balaban J connectivity index is 1.63. The fraction of sp³-hybridized carbons (Fsp3) is 0.217. The highest BCUT2D eigenvalue weighted by atomic mass is 16.5. The lowest BCUT2D eigenvalue weighted by molar-refractivity contribution is 0.359. The maximum Gasteiger partial charge on any atom is 0.226 e. The van der Waals surface area contributed by atoms with Gasteiger partial charge >= 0.3 is 0 Å². The van der Waals surface area contributed by atoms with Crippen molar-refractivity contribution < 1.29 is 9.15 Å². The van der Waals surface area contributed by atoms with Crippen LogP contribution in [0, 0.1) is 0 Å². The van der Waals surface area contributed by atoms with E-state index in [1.54, 1.807) is 12.3 Å². The number of ether oxygens (including phenoxy) is 1. The summed E-state index contributed by atoms with van der Waals surface area (Å²) in [5, 5.41) is 6.54. The van der Waals surface area contributed by atoms with E-state index in [1.807, 2.05) is 61.5 Å². The molecule has 0 spiro atoms. The van der Waals surface area contributed by atoms with Gasteiger partial charge in [0.25, 0.3) is 0 Å². The molecule has 0 fully saturated rings. The van der Waals surface area contributed by atoms with Gasteiger partial charge in [0.05, 0.1) is 18.8 Å². The molecule has 0 aliphatic rings. The maximum absolute atomic E-state index is 5.70. The normalized spacial score (nSPS) is 11.1. The number of guanidine groups is 1. The fourth-order valence-electron chi connectivity index (χ4n) is 2.71. The summed E-state index contributed by atoms with van der Waals surface area (Å²) in [6, 6.07) is 17.7. The Kier molecular flexibility index (Phi) is 7.46. The first-order valence-electron chi connectivity index (χ1n) is 9.63. The van der Waals surface area contributed by atoms with E-state index in [1.165, 1.54) is 0 Å². The molecule has 3 rings (SSSR count). The van der Waals surface area contributed by atoms with Crippen molar-refractivity contribution >= 4 is 5.96 Å². The van der Waals surface area contributed by atoms with Crippen molar-refractivity contribution in [1.82, 2.24) is 15.6 Å². The summed E-state index contributed by atoms with van der Waals surface area (Å²) in [6.45, 7) is 7.95. The van der Waals surface area contributed by atoms with Crippen LogP contribution in [-0.4, -0.2) is 24.1 Å². The van der Waals surface area contributed by atoms with Crippen LogP contribution < -0.4 is 15.4 Å². The van der Waals surface area contributed by atoms with E-state index in [4.69, 9.17) is 9.15 Å². The zero-order valence-corrected chi connectivity index (χ0v) is 16.6. The Morgan fingerprint density at radius 1 is 1.14 bits per heavy atom. The minimum atomic E-state index is 0.467. The summed E-state index contributed by atoms with van der Waals surface area (Å²) in [4.78, 5) is 9.20. The van der Waals surface area contributed by atoms with Gasteiger partial charge in [-0.2, -0.15) is 0 Å². The molecule has 1 aromatic heterocycles. The first kappa shape index (κ1) is 20.2. The standard InChI is InChI=1S/C23H26N4O2/c1-3-14-28-21-13-9-8-12-19(21)15-25-23(24-4-2)26-16-20-17-29-22(27-20)18-10-6-5-7-11-18/h3,5-13,17H,1,4,14-16H2,2H3,(H2,24,25,26). The van der Waals surface area contributed by atoms with Crippen molar-refractivity contribution in [2.24, 2.45) is 4.99 Å². The third-order valence-electron chi connectivity index (χ3n) is 4.09. The number of nitrogens with one attached hydrogen (secondary N) is 2. The number of para-hydroxylation sites is 1. The highest BCUT2D eigenvalue weighted by Gasteiger charge is 2.07. The van der Waals surface area contributed by atoms with E-state index in [-0.39, 0.29) is 0 Å². The number of hydrogen-bond acceptors (Lipinski definition) is 4. The Morgan fingerprint density at radius 2 is 1.93 bits per heavy atom. The lowest BCUT2D eigenvalue weighted by Gasteiger charge is -2.12. The number of oxazole rings is 1. The molecule has 0 aliphatic heterocycles. The molecular weight excluding hydrogens is 364 g/mol. The summed E-state index contributed by atoms with van der Waals surface area (Å²) in [6.07, 6.45) is 3.39. The van der Waals surface area contributed by atoms with Gasteiger partial charge in [0.15, 0.2) is 5.96 Å². The Morgan fingerprint density at radius 3 is 2.72 bits per heavy atom. The van der Waals surface area contributed by atoms with Gasteiger partial charge in [-0.3, -0.25) is 0 Å². The number of nitrogens with zero attached hydrogens (tertiary/aromatic N) is 2. The molecule has 0 saturated heterocycles. The Bertz CT molecular complexity index is 935. The molecule has 2 N–H and O–H groups in total. The van der Waals surface area contributed by atoms with Gasteiger partial charge in [0, 0.05) is 17.7 Å². The fourth-order valence-corrected chi connectivity index (χ4v) is 2.71. The highest BCUT2D eigenvalue weighted by Crippen LogP contribution is 2.19. The van der Waals surface area contributed by atoms with Crippen LogP contribution in [0.3, 0.4) is 0 Å². The smallest absolute Gasteiger partial charge is 0.226 e. The number of aliphatic imine (C=N–C) groups is 1. The van der Waals surface area contributed by atoms with E-state index >= 15 is 0 Å². The van der Waals surface area contributed by atoms with Gasteiger partial charge in [-0.1, -0.05) is 49.1 Å². The molecule has 2 aromatic carbocycles. The van der Waals surface area contributed by atoms with E-state index in [0.29, 0.717) is 31.5 Å². The van der Waals surface area contributed by atoms with Crippen molar-refractivity contribution in [3.05, 3.63) is 84.8 Å². The predicted octanol–water partition coefficient (Wildman–Crippen LogP) is 4.16. The van der Waals surface area contributed by atoms with Crippen molar-refractivity contribution in [2.75, 3.05) is 13.2 Å². The van der Waals surface area contributed by atoms with Crippen LogP contribution in [0.4, 0.5) is 0 Å². The van der Waals surface area contributed by atoms with Gasteiger partial charge in [-0.25, -0.2) is 9.98 Å². The van der Waals surface area contributed by atoms with Crippen LogP contribution in [0.15, 0.2) is 82.9 Å². The Hall–Kier alpha value is -3.54. The second kappa shape index (κ2) is 10.7. The highest BCUT2D eigenvalue weighted by molar-refractivity contribution is 5.79. The zero-order chi connectivity index (χ0) is 20.3. The molecule has 0 saturated carbocycles. The van der Waals surface area contributed by atoms with Gasteiger partial charge in [0.2, 0.25) is 5.89 Å². The molecule has 0 bridgehead atoms. The summed E-state index contributed by atoms with van der Waals surface area (Å²) in [7, 11) is 0. The number of rotatable bonds is 9. The third-order valence-corrected chi connectivity index (χ3v) is 4.09. The van der Waals surface area contributed by atoms with E-state index in [2.05, 4.69) is 27.2 Å². The van der Waals surface area contributed by atoms with E-state index in [0.717, 1.165) is 29.1 Å². The molecule has 3 aromatic rings. The number of aromatic nitrogens is 1. The predicted molar refractivity (Wildman–Crippen MR) is 116 cm³/mol. The summed E-state index contributed by atoms with van der Waals surface area (Å²) < 4.78 is 11.3. The van der Waals surface area contributed by atoms with Crippen LogP contribution in [0.1, 0.15) is 18.2 Å². The number of hydrogen-bond donors (Lipinski definition) is 2. The molecule has 0 radical (unpaired) electrons. The van der Waals surface area contributed by atoms with Crippen LogP contribution in [-0.2, 0) is 13.1 Å². The topological polar surface area (TPSA) is 71.7 Å². The first-order valence-corrected chi connectivity index (χ1v) is 9.63. The van der Waals surface area contributed by atoms with Gasteiger partial charge in [0.1, 0.15) is 18.6 Å². The average Bonchev–Trinajstić information content (AvgIpc) is 3.24. The van der Waals surface area contributed by atoms with Gasteiger partial charge in [-0.05, 0) is 25.1 Å². The summed E-state index contributed by atoms with van der Waals surface area (Å²) >= 11 is 0. The van der Waals surface area contributed by atoms with Crippen LogP contribution in [0.2, 0.25) is 0 Å². The largest absolute Gasteiger partial charge is 0.489 e. The third kappa shape index (κ3) is 5.97. The van der Waals surface area contributed by atoms with Crippen molar-refractivity contribution in [3.63, 3.8) is 0 Å². The maximum atomic E-state index is 5.70. The number of benzene rings is 2. The molecule has 0 atom stereocenters. The molecule has 0 aliphatic carbocycles. The van der Waals surface area contributed by atoms with Gasteiger partial charge in [-0.15, -0.1) is 0 Å². The second-order valence-corrected chi connectivity index (χ2v) is 6.27. The molecule has 150 valence electrons. The monoisotopic (exact) mass is 390 g/mol. The van der Waals surface area contributed by atoms with Crippen LogP contribution in [0.5, 0.6) is 5.75 Å². The molecule has 0 amide bonds. The Labute approximate surface area is 171 Å².